The molecule has 194 valence electrons. The first-order chi connectivity index (χ1) is 15.7. The molecule has 3 fully saturated rings. The quantitative estimate of drug-likeness (QED) is 0.447. The highest BCUT2D eigenvalue weighted by Gasteiger charge is 2.52. The predicted octanol–water partition coefficient (Wildman–Crippen LogP) is 4.42. The molecule has 0 bridgehead atoms. The zero-order chi connectivity index (χ0) is 25.3. The summed E-state index contributed by atoms with van der Waals surface area (Å²) in [5.41, 5.74) is -0.495. The van der Waals surface area contributed by atoms with Crippen LogP contribution in [0.4, 0.5) is 13.2 Å². The van der Waals surface area contributed by atoms with E-state index >= 15 is 0 Å². The minimum atomic E-state index is -4.85. The van der Waals surface area contributed by atoms with E-state index in [4.69, 9.17) is 0 Å². The molecule has 3 rings (SSSR count). The molecule has 0 heterocycles. The van der Waals surface area contributed by atoms with E-state index in [0.29, 0.717) is 44.6 Å². The van der Waals surface area contributed by atoms with Crippen molar-refractivity contribution in [2.24, 2.45) is 23.2 Å². The van der Waals surface area contributed by atoms with Gasteiger partial charge in [-0.05, 0) is 81.5 Å². The molecule has 5 nitrogen and oxygen atoms in total. The number of amides is 1. The number of rotatable bonds is 6. The van der Waals surface area contributed by atoms with E-state index in [2.05, 4.69) is 24.4 Å². The fraction of sp³-hybridized carbons (Fsp3) is 0.808. The number of halogens is 3. The Bertz CT molecular complexity index is 794. The molecule has 0 aliphatic heterocycles. The minimum Gasteiger partial charge on any atom is -0.393 e. The van der Waals surface area contributed by atoms with Crippen molar-refractivity contribution in [3.63, 3.8) is 0 Å². The second-order valence-electron chi connectivity index (χ2n) is 11.3. The van der Waals surface area contributed by atoms with Crippen LogP contribution in [0.3, 0.4) is 0 Å². The maximum atomic E-state index is 12.9. The van der Waals surface area contributed by atoms with Gasteiger partial charge in [0.25, 0.3) is 0 Å². The van der Waals surface area contributed by atoms with Crippen molar-refractivity contribution >= 4 is 5.91 Å². The molecule has 0 saturated heterocycles. The van der Waals surface area contributed by atoms with Crippen LogP contribution in [0.25, 0.3) is 0 Å². The maximum absolute atomic E-state index is 12.9. The van der Waals surface area contributed by atoms with Gasteiger partial charge in [0, 0.05) is 6.54 Å². The molecule has 34 heavy (non-hydrogen) atoms. The van der Waals surface area contributed by atoms with E-state index in [1.54, 1.807) is 0 Å². The van der Waals surface area contributed by atoms with E-state index < -0.39 is 36.3 Å². The van der Waals surface area contributed by atoms with Crippen LogP contribution in [-0.4, -0.2) is 51.8 Å². The Morgan fingerprint density at radius 1 is 1.21 bits per heavy atom. The number of alkyl halides is 3. The van der Waals surface area contributed by atoms with Gasteiger partial charge in [-0.25, -0.2) is 0 Å². The second-order valence-corrected chi connectivity index (χ2v) is 11.3. The van der Waals surface area contributed by atoms with Gasteiger partial charge in [-0.15, -0.1) is 0 Å². The topological polar surface area (TPSA) is 89.8 Å². The van der Waals surface area contributed by atoms with Crippen LogP contribution >= 0.6 is 0 Å². The summed E-state index contributed by atoms with van der Waals surface area (Å²) >= 11 is 0. The molecule has 0 aromatic rings. The number of allylic oxidation sites excluding steroid dienone is 3. The molecular formula is C26H40F3NO4. The lowest BCUT2D eigenvalue weighted by Gasteiger charge is -2.44. The SMILES string of the molecule is C[C@H](CNC(=O)C[C@@](C)(O)C(F)(F)F)[C@H]1CCC2/C(=C/C=C3C[C@@H](O)C[C@H](O)C3)CCC[C@@]21C. The Kier molecular flexibility index (Phi) is 8.25. The smallest absolute Gasteiger partial charge is 0.393 e. The molecule has 3 saturated carbocycles. The van der Waals surface area contributed by atoms with Crippen molar-refractivity contribution in [2.45, 2.75) is 103 Å². The zero-order valence-corrected chi connectivity index (χ0v) is 20.5. The van der Waals surface area contributed by atoms with Crippen molar-refractivity contribution in [2.75, 3.05) is 6.54 Å². The molecular weight excluding hydrogens is 447 g/mol. The number of nitrogens with one attached hydrogen (secondary N) is 1. The first-order valence-corrected chi connectivity index (χ1v) is 12.5. The third-order valence-corrected chi connectivity index (χ3v) is 8.53. The molecule has 0 aromatic carbocycles. The minimum absolute atomic E-state index is 0.0653. The normalized spacial score (nSPS) is 36.0. The number of carbonyl (C=O) groups excluding carboxylic acids is 1. The van der Waals surface area contributed by atoms with E-state index in [9.17, 15) is 33.3 Å². The number of hydrogen-bond donors (Lipinski definition) is 4. The van der Waals surface area contributed by atoms with E-state index in [0.717, 1.165) is 37.7 Å². The number of hydrogen-bond acceptors (Lipinski definition) is 4. The maximum Gasteiger partial charge on any atom is 0.417 e. The largest absolute Gasteiger partial charge is 0.417 e. The lowest BCUT2D eigenvalue weighted by Crippen LogP contribution is -2.47. The summed E-state index contributed by atoms with van der Waals surface area (Å²) in [7, 11) is 0. The van der Waals surface area contributed by atoms with Crippen LogP contribution < -0.4 is 5.32 Å². The highest BCUT2D eigenvalue weighted by molar-refractivity contribution is 5.77. The van der Waals surface area contributed by atoms with Gasteiger partial charge >= 0.3 is 6.18 Å². The molecule has 4 N–H and O–H groups in total. The van der Waals surface area contributed by atoms with Gasteiger partial charge in [0.15, 0.2) is 5.60 Å². The first-order valence-electron chi connectivity index (χ1n) is 12.5. The van der Waals surface area contributed by atoms with Crippen LogP contribution in [0.5, 0.6) is 0 Å². The summed E-state index contributed by atoms with van der Waals surface area (Å²) in [5.74, 6) is 0.0824. The lowest BCUT2D eigenvalue weighted by atomic mass is 9.61. The van der Waals surface area contributed by atoms with Crippen molar-refractivity contribution < 1.29 is 33.3 Å². The fourth-order valence-corrected chi connectivity index (χ4v) is 6.64. The summed E-state index contributed by atoms with van der Waals surface area (Å²) in [4.78, 5) is 12.1. The van der Waals surface area contributed by atoms with E-state index in [1.165, 1.54) is 5.57 Å². The second kappa shape index (κ2) is 10.3. The Balaban J connectivity index is 1.62. The van der Waals surface area contributed by atoms with Gasteiger partial charge in [0.05, 0.1) is 18.6 Å². The Morgan fingerprint density at radius 3 is 2.47 bits per heavy atom. The molecule has 3 aliphatic rings. The van der Waals surface area contributed by atoms with Crippen molar-refractivity contribution in [1.29, 1.82) is 0 Å². The van der Waals surface area contributed by atoms with E-state index in [1.807, 2.05) is 6.92 Å². The molecule has 3 aliphatic carbocycles. The average Bonchev–Trinajstić information content (AvgIpc) is 3.06. The van der Waals surface area contributed by atoms with Gasteiger partial charge in [-0.2, -0.15) is 13.2 Å². The van der Waals surface area contributed by atoms with Crippen LogP contribution in [0.2, 0.25) is 0 Å². The van der Waals surface area contributed by atoms with Gasteiger partial charge in [0.2, 0.25) is 5.91 Å². The molecule has 7 atom stereocenters. The van der Waals surface area contributed by atoms with Crippen LogP contribution in [-0.2, 0) is 4.79 Å². The summed E-state index contributed by atoms with van der Waals surface area (Å²) in [6.45, 7) is 5.26. The highest BCUT2D eigenvalue weighted by atomic mass is 19.4. The van der Waals surface area contributed by atoms with Crippen molar-refractivity contribution in [3.8, 4) is 0 Å². The van der Waals surface area contributed by atoms with Gasteiger partial charge in [-0.1, -0.05) is 37.1 Å². The monoisotopic (exact) mass is 487 g/mol. The molecule has 0 radical (unpaired) electrons. The molecule has 1 unspecified atom stereocenters. The van der Waals surface area contributed by atoms with Crippen molar-refractivity contribution in [1.82, 2.24) is 5.32 Å². The Labute approximate surface area is 200 Å². The third kappa shape index (κ3) is 6.05. The zero-order valence-electron chi connectivity index (χ0n) is 20.5. The van der Waals surface area contributed by atoms with Crippen LogP contribution in [0.1, 0.15) is 78.6 Å². The summed E-state index contributed by atoms with van der Waals surface area (Å²) < 4.78 is 38.6. The Hall–Kier alpha value is -1.38. The number of carbonyl (C=O) groups is 1. The summed E-state index contributed by atoms with van der Waals surface area (Å²) in [6, 6.07) is 0. The molecule has 8 heteroatoms. The number of aliphatic hydroxyl groups is 3. The molecule has 0 aromatic heterocycles. The third-order valence-electron chi connectivity index (χ3n) is 8.53. The van der Waals surface area contributed by atoms with Crippen LogP contribution in [0.15, 0.2) is 23.3 Å². The predicted molar refractivity (Wildman–Crippen MR) is 124 cm³/mol. The number of aliphatic hydroxyl groups excluding tert-OH is 2. The van der Waals surface area contributed by atoms with Gasteiger partial charge in [-0.3, -0.25) is 4.79 Å². The molecule has 0 spiro atoms. The average molecular weight is 488 g/mol. The molecule has 1 amide bonds. The number of fused-ring (bicyclic) bond motifs is 1. The first kappa shape index (κ1) is 27.2. The summed E-state index contributed by atoms with van der Waals surface area (Å²) in [6.07, 6.45) is 4.29. The van der Waals surface area contributed by atoms with Crippen LogP contribution in [0, 0.1) is 23.2 Å². The van der Waals surface area contributed by atoms with Gasteiger partial charge in [0.1, 0.15) is 0 Å². The standard InChI is InChI=1S/C26H40F3NO4/c1-16(15-30-23(33)14-25(3,34)26(27,28)29)21-8-9-22-18(5-4-10-24(21,22)2)7-6-17-11-19(31)13-20(32)12-17/h6-7,16,19-22,31-32,34H,4-5,8-15H2,1-3H3,(H,30,33)/b18-7+/t16-,19-,20-,21-,22?,24-,25-/m1/s1. The Morgan fingerprint density at radius 2 is 1.85 bits per heavy atom. The van der Waals surface area contributed by atoms with E-state index in [-0.39, 0.29) is 11.3 Å². The highest BCUT2D eigenvalue weighted by Crippen LogP contribution is 2.59. The van der Waals surface area contributed by atoms with Gasteiger partial charge < -0.3 is 20.6 Å². The van der Waals surface area contributed by atoms with Crippen molar-refractivity contribution in [3.05, 3.63) is 23.3 Å². The fourth-order valence-electron chi connectivity index (χ4n) is 6.64. The lowest BCUT2D eigenvalue weighted by molar-refractivity contribution is -0.253. The summed E-state index contributed by atoms with van der Waals surface area (Å²) in [5, 5.41) is 32.1.